The van der Waals surface area contributed by atoms with Gasteiger partial charge in [0.25, 0.3) is 0 Å². The summed E-state index contributed by atoms with van der Waals surface area (Å²) in [6.07, 6.45) is 3.64. The van der Waals surface area contributed by atoms with E-state index in [2.05, 4.69) is 21.3 Å². The van der Waals surface area contributed by atoms with E-state index in [4.69, 9.17) is 4.74 Å². The van der Waals surface area contributed by atoms with Crippen LogP contribution in [0.25, 0.3) is 0 Å². The van der Waals surface area contributed by atoms with Crippen molar-refractivity contribution in [2.45, 2.75) is 132 Å². The smallest absolute Gasteiger partial charge is 0.408 e. The van der Waals surface area contributed by atoms with Gasteiger partial charge < -0.3 is 30.9 Å². The Hall–Kier alpha value is -3.96. The number of hydrogen-bond acceptors (Lipinski definition) is 7. The van der Waals surface area contributed by atoms with Crippen molar-refractivity contribution in [3.63, 3.8) is 0 Å². The summed E-state index contributed by atoms with van der Waals surface area (Å²) >= 11 is 0. The van der Waals surface area contributed by atoms with Crippen LogP contribution in [0.2, 0.25) is 0 Å². The molecule has 1 heterocycles. The number of carbonyl (C=O) groups excluding carboxylic acids is 6. The monoisotopic (exact) mass is 675 g/mol. The molecule has 2 aliphatic rings. The largest absolute Gasteiger partial charge is 0.447 e. The van der Waals surface area contributed by atoms with E-state index < -0.39 is 29.6 Å². The second kappa shape index (κ2) is 23.4. The highest BCUT2D eigenvalue weighted by Gasteiger charge is 2.43. The number of alkyl carbamates (subject to hydrolysis) is 1. The van der Waals surface area contributed by atoms with Crippen molar-refractivity contribution in [2.75, 3.05) is 13.1 Å². The van der Waals surface area contributed by atoms with Crippen LogP contribution < -0.4 is 21.3 Å². The van der Waals surface area contributed by atoms with Gasteiger partial charge in [0.15, 0.2) is 5.78 Å². The Morgan fingerprint density at radius 1 is 0.958 bits per heavy atom. The third-order valence-electron chi connectivity index (χ3n) is 7.31. The summed E-state index contributed by atoms with van der Waals surface area (Å²) in [5.74, 6) is -0.346. The van der Waals surface area contributed by atoms with Crippen LogP contribution in [-0.2, 0) is 35.3 Å². The number of nitrogens with one attached hydrogen (secondary N) is 4. The van der Waals surface area contributed by atoms with Crippen molar-refractivity contribution < 1.29 is 33.5 Å². The van der Waals surface area contributed by atoms with Crippen molar-refractivity contribution in [3.8, 4) is 0 Å². The quantitative estimate of drug-likeness (QED) is 0.224. The van der Waals surface area contributed by atoms with Gasteiger partial charge in [0.2, 0.25) is 24.1 Å². The lowest BCUT2D eigenvalue weighted by Gasteiger charge is -2.35. The Kier molecular flexibility index (Phi) is 21.5. The fourth-order valence-electron chi connectivity index (χ4n) is 4.76. The molecule has 3 unspecified atom stereocenters. The van der Waals surface area contributed by atoms with Gasteiger partial charge in [-0.2, -0.15) is 0 Å². The van der Waals surface area contributed by atoms with Gasteiger partial charge in [-0.25, -0.2) is 4.79 Å². The summed E-state index contributed by atoms with van der Waals surface area (Å²) < 4.78 is 5.15. The minimum absolute atomic E-state index is 0.0241. The molecule has 3 atom stereocenters. The Morgan fingerprint density at radius 2 is 1.56 bits per heavy atom. The Labute approximate surface area is 287 Å². The van der Waals surface area contributed by atoms with Crippen LogP contribution in [0.15, 0.2) is 30.3 Å². The molecule has 5 amide bonds. The molecule has 1 saturated carbocycles. The molecule has 3 rings (SSSR count). The molecule has 1 aliphatic heterocycles. The fraction of sp³-hybridized carbons (Fsp3) is 0.667. The maximum Gasteiger partial charge on any atom is 0.408 e. The number of carbonyl (C=O) groups is 6. The molecule has 0 spiro atoms. The first-order valence-corrected chi connectivity index (χ1v) is 17.3. The van der Waals surface area contributed by atoms with E-state index in [1.165, 1.54) is 11.8 Å². The van der Waals surface area contributed by atoms with E-state index >= 15 is 0 Å². The van der Waals surface area contributed by atoms with E-state index in [9.17, 15) is 28.8 Å². The molecule has 0 aromatic heterocycles. The molecule has 2 fully saturated rings. The van der Waals surface area contributed by atoms with Crippen molar-refractivity contribution >= 4 is 36.0 Å². The van der Waals surface area contributed by atoms with Gasteiger partial charge >= 0.3 is 6.09 Å². The molecule has 1 aromatic carbocycles. The minimum atomic E-state index is -0.827. The molecule has 1 aromatic rings. The maximum absolute atomic E-state index is 13.3. The van der Waals surface area contributed by atoms with E-state index in [0.29, 0.717) is 44.7 Å². The van der Waals surface area contributed by atoms with Crippen LogP contribution in [0, 0.1) is 11.3 Å². The van der Waals surface area contributed by atoms with Crippen LogP contribution >= 0.6 is 0 Å². The summed E-state index contributed by atoms with van der Waals surface area (Å²) in [4.78, 5) is 72.9. The lowest BCUT2D eigenvalue weighted by Crippen LogP contribution is -2.58. The van der Waals surface area contributed by atoms with Gasteiger partial charge in [0.1, 0.15) is 12.1 Å². The van der Waals surface area contributed by atoms with Gasteiger partial charge in [-0.05, 0) is 56.9 Å². The molecule has 0 radical (unpaired) electrons. The Bertz CT molecular complexity index is 1130. The van der Waals surface area contributed by atoms with E-state index in [1.807, 2.05) is 78.8 Å². The van der Waals surface area contributed by atoms with Gasteiger partial charge in [-0.15, -0.1) is 0 Å². The summed E-state index contributed by atoms with van der Waals surface area (Å²) in [7, 11) is 0. The highest BCUT2D eigenvalue weighted by Crippen LogP contribution is 2.34. The number of ketones is 1. The standard InChI is InChI=1S/C22H37N3O5.C10H12N2O2.2C2H6/c1-13(2)30-21(29)24-18(22(4,5)6)20(28)25-11-7-8-17(25)19(27)23-16(14(3)26)12-15-9-10-15;13-8-11-7-10(14)12-6-9-4-2-1-3-5-9;2*1-2/h13,15-18H,7-12H2,1-6H3,(H,23,27)(H,24,29);1-5,8H,6-7H2,(H,11,13)(H,12,14);2*1-2H3. The number of hydrogen-bond donors (Lipinski definition) is 4. The van der Waals surface area contributed by atoms with Crippen LogP contribution in [0.3, 0.4) is 0 Å². The highest BCUT2D eigenvalue weighted by atomic mass is 16.6. The molecule has 1 saturated heterocycles. The summed E-state index contributed by atoms with van der Waals surface area (Å²) in [6.45, 7) is 19.5. The maximum atomic E-state index is 13.3. The molecule has 12 heteroatoms. The number of likely N-dealkylation sites (tertiary alicyclic amines) is 1. The first-order chi connectivity index (χ1) is 22.7. The molecule has 48 heavy (non-hydrogen) atoms. The van der Waals surface area contributed by atoms with Crippen LogP contribution in [0.1, 0.15) is 107 Å². The lowest BCUT2D eigenvalue weighted by atomic mass is 9.85. The molecular formula is C36H61N5O7. The zero-order valence-electron chi connectivity index (χ0n) is 30.8. The third-order valence-corrected chi connectivity index (χ3v) is 7.31. The highest BCUT2D eigenvalue weighted by molar-refractivity contribution is 5.94. The average molecular weight is 676 g/mol. The molecule has 4 N–H and O–H groups in total. The fourth-order valence-corrected chi connectivity index (χ4v) is 4.76. The molecular weight excluding hydrogens is 614 g/mol. The van der Waals surface area contributed by atoms with Crippen molar-refractivity contribution in [2.24, 2.45) is 11.3 Å². The van der Waals surface area contributed by atoms with Gasteiger partial charge in [-0.3, -0.25) is 24.0 Å². The SMILES string of the molecule is CC.CC.CC(=O)C(CC1CC1)NC(=O)C1CCCN1C(=O)C(NC(=O)OC(C)C)C(C)(C)C.O=CNCC(=O)NCc1ccccc1. The number of ether oxygens (including phenoxy) is 1. The number of rotatable bonds is 13. The van der Waals surface area contributed by atoms with Gasteiger partial charge in [-0.1, -0.05) is 91.6 Å². The second-order valence-corrected chi connectivity index (χ2v) is 12.7. The second-order valence-electron chi connectivity index (χ2n) is 12.7. The van der Waals surface area contributed by atoms with Crippen molar-refractivity contribution in [1.29, 1.82) is 0 Å². The Morgan fingerprint density at radius 3 is 2.06 bits per heavy atom. The van der Waals surface area contributed by atoms with Crippen LogP contribution in [-0.4, -0.2) is 78.2 Å². The topological polar surface area (TPSA) is 163 Å². The lowest BCUT2D eigenvalue weighted by molar-refractivity contribution is -0.142. The predicted molar refractivity (Wildman–Crippen MR) is 188 cm³/mol. The third kappa shape index (κ3) is 17.3. The van der Waals surface area contributed by atoms with Crippen LogP contribution in [0.4, 0.5) is 4.79 Å². The van der Waals surface area contributed by atoms with Crippen molar-refractivity contribution in [3.05, 3.63) is 35.9 Å². The van der Waals surface area contributed by atoms with Crippen molar-refractivity contribution in [1.82, 2.24) is 26.2 Å². The van der Waals surface area contributed by atoms with Crippen LogP contribution in [0.5, 0.6) is 0 Å². The minimum Gasteiger partial charge on any atom is -0.447 e. The first kappa shape index (κ1) is 44.0. The molecule has 0 bridgehead atoms. The Balaban J connectivity index is 0.00000102. The average Bonchev–Trinajstić information content (AvgIpc) is 3.73. The molecule has 272 valence electrons. The molecule has 12 nitrogen and oxygen atoms in total. The summed E-state index contributed by atoms with van der Waals surface area (Å²) in [5.41, 5.74) is 0.469. The van der Waals surface area contributed by atoms with E-state index in [1.54, 1.807) is 13.8 Å². The normalized spacial score (nSPS) is 16.1. The van der Waals surface area contributed by atoms with Gasteiger partial charge in [0, 0.05) is 13.1 Å². The zero-order chi connectivity index (χ0) is 36.9. The van der Waals surface area contributed by atoms with Gasteiger partial charge in [0.05, 0.1) is 18.7 Å². The number of nitrogens with zero attached hydrogens (tertiary/aromatic N) is 1. The predicted octanol–water partition coefficient (Wildman–Crippen LogP) is 4.50. The summed E-state index contributed by atoms with van der Waals surface area (Å²) in [5, 5.41) is 10.5. The zero-order valence-corrected chi connectivity index (χ0v) is 30.8. The van der Waals surface area contributed by atoms with E-state index in [0.717, 1.165) is 18.4 Å². The number of benzene rings is 1. The summed E-state index contributed by atoms with van der Waals surface area (Å²) in [6, 6.07) is 7.62. The van der Waals surface area contributed by atoms with E-state index in [-0.39, 0.29) is 36.2 Å². The number of Topliss-reactive ketones (excluding diaryl/α,β-unsaturated/α-hetero) is 1. The number of amides is 5. The first-order valence-electron chi connectivity index (χ1n) is 17.3. The molecule has 1 aliphatic carbocycles.